The highest BCUT2D eigenvalue weighted by atomic mass is 16.6. The fourth-order valence-electron chi connectivity index (χ4n) is 1.91. The summed E-state index contributed by atoms with van der Waals surface area (Å²) in [7, 11) is 1.42. The highest BCUT2D eigenvalue weighted by molar-refractivity contribution is 4.93. The molecule has 1 aliphatic rings. The van der Waals surface area contributed by atoms with Gasteiger partial charge in [-0.25, -0.2) is 4.79 Å². The van der Waals surface area contributed by atoms with E-state index in [0.717, 1.165) is 9.13 Å². The fourth-order valence-corrected chi connectivity index (χ4v) is 1.91. The van der Waals surface area contributed by atoms with Crippen molar-refractivity contribution >= 4 is 0 Å². The number of hydrogen-bond acceptors (Lipinski definition) is 6. The number of aromatic nitrogens is 2. The third-order valence-electron chi connectivity index (χ3n) is 3.05. The maximum atomic E-state index is 11.9. The summed E-state index contributed by atoms with van der Waals surface area (Å²) >= 11 is 0. The Morgan fingerprint density at radius 2 is 2.11 bits per heavy atom. The first-order valence-electron chi connectivity index (χ1n) is 5.42. The average Bonchev–Trinajstić information content (AvgIpc) is 2.64. The van der Waals surface area contributed by atoms with Gasteiger partial charge in [0, 0.05) is 13.2 Å². The first-order valence-corrected chi connectivity index (χ1v) is 5.42. The molecule has 1 saturated heterocycles. The zero-order valence-corrected chi connectivity index (χ0v) is 9.72. The van der Waals surface area contributed by atoms with Gasteiger partial charge in [0.1, 0.15) is 23.8 Å². The van der Waals surface area contributed by atoms with E-state index in [1.807, 2.05) is 0 Å². The molecule has 1 aromatic heterocycles. The molecular weight excluding hydrogens is 242 g/mol. The van der Waals surface area contributed by atoms with Crippen molar-refractivity contribution in [3.05, 3.63) is 28.2 Å². The molecule has 1 aromatic rings. The topological polar surface area (TPSA) is 121 Å². The quantitative estimate of drug-likeness (QED) is 0.458. The van der Waals surface area contributed by atoms with Crippen LogP contribution < -0.4 is 11.2 Å². The van der Waals surface area contributed by atoms with Gasteiger partial charge in [-0.15, -0.1) is 0 Å². The first kappa shape index (κ1) is 13.0. The number of nitrogens with zero attached hydrogens (tertiary/aromatic N) is 2. The van der Waals surface area contributed by atoms with Crippen LogP contribution in [0, 0.1) is 5.41 Å². The lowest BCUT2D eigenvalue weighted by molar-refractivity contribution is -0.0555. The fraction of sp³-hybridized carbons (Fsp3) is 0.600. The van der Waals surface area contributed by atoms with Crippen LogP contribution in [0.25, 0.3) is 0 Å². The highest BCUT2D eigenvalue weighted by Crippen LogP contribution is 2.27. The number of aliphatic hydroxyl groups excluding tert-OH is 3. The van der Waals surface area contributed by atoms with Crippen LogP contribution in [0.15, 0.2) is 17.1 Å². The predicted octanol–water partition coefficient (Wildman–Crippen LogP) is -2.72. The molecule has 1 fully saturated rings. The predicted molar refractivity (Wildman–Crippen MR) is 58.5 cm³/mol. The molecule has 2 heterocycles. The van der Waals surface area contributed by atoms with E-state index >= 15 is 0 Å². The molecule has 8 heteroatoms. The van der Waals surface area contributed by atoms with Crippen molar-refractivity contribution < 1.29 is 20.1 Å². The number of hydrogen-bond donors (Lipinski definition) is 4. The number of rotatable bonds is 2. The Kier molecular flexibility index (Phi) is 3.35. The van der Waals surface area contributed by atoms with E-state index in [2.05, 4.69) is 0 Å². The van der Waals surface area contributed by atoms with Gasteiger partial charge in [0.15, 0.2) is 6.23 Å². The molecule has 0 saturated carbocycles. The van der Waals surface area contributed by atoms with Crippen LogP contribution in [-0.2, 0) is 11.8 Å². The number of ether oxygens (including phenoxy) is 1. The van der Waals surface area contributed by atoms with Gasteiger partial charge < -0.3 is 20.1 Å². The van der Waals surface area contributed by atoms with Crippen molar-refractivity contribution in [2.75, 3.05) is 6.61 Å². The van der Waals surface area contributed by atoms with Crippen LogP contribution in [-0.4, -0.2) is 49.4 Å². The standard InChI is InChI=1S/C10H15N3O5/c1-12-6(11)2-3-13(10(12)17)9-8(16)7(15)5(4-14)18-9/h2-3,5,7-9,11,14-16H,4H2,1H3/t5-,7+,8+,9?/m1/s1. The smallest absolute Gasteiger partial charge is 0.331 e. The van der Waals surface area contributed by atoms with Crippen LogP contribution in [0.1, 0.15) is 6.23 Å². The lowest BCUT2D eigenvalue weighted by Gasteiger charge is -2.18. The van der Waals surface area contributed by atoms with Gasteiger partial charge in [0.05, 0.1) is 6.61 Å². The molecule has 0 spiro atoms. The molecule has 2 rings (SSSR count). The summed E-state index contributed by atoms with van der Waals surface area (Å²) in [4.78, 5) is 11.9. The SMILES string of the molecule is Cn1c(=N)ccn(C2O[C@H](CO)[C@H](O)[C@@H]2O)c1=O. The van der Waals surface area contributed by atoms with E-state index < -0.39 is 36.8 Å². The van der Waals surface area contributed by atoms with E-state index in [4.69, 9.17) is 15.3 Å². The van der Waals surface area contributed by atoms with E-state index in [9.17, 15) is 15.0 Å². The van der Waals surface area contributed by atoms with Crippen LogP contribution in [0.5, 0.6) is 0 Å². The van der Waals surface area contributed by atoms with Gasteiger partial charge in [-0.1, -0.05) is 0 Å². The normalized spacial score (nSPS) is 31.8. The summed E-state index contributed by atoms with van der Waals surface area (Å²) in [5.74, 6) is 0. The minimum atomic E-state index is -1.31. The van der Waals surface area contributed by atoms with Crippen LogP contribution >= 0.6 is 0 Å². The van der Waals surface area contributed by atoms with Crippen molar-refractivity contribution in [3.63, 3.8) is 0 Å². The first-order chi connectivity index (χ1) is 8.47. The summed E-state index contributed by atoms with van der Waals surface area (Å²) in [5, 5.41) is 35.8. The van der Waals surface area contributed by atoms with E-state index in [1.165, 1.54) is 19.3 Å². The molecule has 0 amide bonds. The third-order valence-corrected chi connectivity index (χ3v) is 3.05. The summed E-state index contributed by atoms with van der Waals surface area (Å²) in [5.41, 5.74) is -0.527. The Labute approximate surface area is 102 Å². The molecule has 1 aliphatic heterocycles. The molecule has 8 nitrogen and oxygen atoms in total. The Balaban J connectivity index is 2.42. The van der Waals surface area contributed by atoms with E-state index in [1.54, 1.807) is 0 Å². The van der Waals surface area contributed by atoms with Gasteiger partial charge in [-0.05, 0) is 6.07 Å². The van der Waals surface area contributed by atoms with Crippen molar-refractivity contribution in [3.8, 4) is 0 Å². The van der Waals surface area contributed by atoms with Gasteiger partial charge in [0.2, 0.25) is 0 Å². The van der Waals surface area contributed by atoms with Crippen molar-refractivity contribution in [1.29, 1.82) is 5.41 Å². The molecule has 4 atom stereocenters. The second-order valence-electron chi connectivity index (χ2n) is 4.18. The number of aliphatic hydroxyl groups is 3. The van der Waals surface area contributed by atoms with Crippen molar-refractivity contribution in [2.24, 2.45) is 7.05 Å². The Bertz CT molecular complexity index is 551. The summed E-state index contributed by atoms with van der Waals surface area (Å²) < 4.78 is 7.40. The summed E-state index contributed by atoms with van der Waals surface area (Å²) in [6.45, 7) is -0.452. The van der Waals surface area contributed by atoms with Crippen LogP contribution in [0.3, 0.4) is 0 Å². The van der Waals surface area contributed by atoms with E-state index in [-0.39, 0.29) is 5.49 Å². The Morgan fingerprint density at radius 3 is 2.67 bits per heavy atom. The van der Waals surface area contributed by atoms with Crippen molar-refractivity contribution in [2.45, 2.75) is 24.5 Å². The molecule has 4 N–H and O–H groups in total. The van der Waals surface area contributed by atoms with Gasteiger partial charge in [-0.3, -0.25) is 14.5 Å². The maximum absolute atomic E-state index is 11.9. The Hall–Kier alpha value is -1.48. The van der Waals surface area contributed by atoms with Gasteiger partial charge in [0.25, 0.3) is 0 Å². The minimum Gasteiger partial charge on any atom is -0.394 e. The maximum Gasteiger partial charge on any atom is 0.331 e. The van der Waals surface area contributed by atoms with Crippen molar-refractivity contribution in [1.82, 2.24) is 9.13 Å². The molecule has 0 aromatic carbocycles. The lowest BCUT2D eigenvalue weighted by atomic mass is 10.1. The molecule has 0 bridgehead atoms. The zero-order chi connectivity index (χ0) is 13.4. The molecule has 100 valence electrons. The lowest BCUT2D eigenvalue weighted by Crippen LogP contribution is -2.41. The molecular formula is C10H15N3O5. The third kappa shape index (κ3) is 1.89. The molecule has 0 aliphatic carbocycles. The van der Waals surface area contributed by atoms with Crippen LogP contribution in [0.4, 0.5) is 0 Å². The summed E-state index contributed by atoms with van der Waals surface area (Å²) in [6.07, 6.45) is -3.26. The van der Waals surface area contributed by atoms with Gasteiger partial charge in [-0.2, -0.15) is 0 Å². The van der Waals surface area contributed by atoms with E-state index in [0.29, 0.717) is 0 Å². The second kappa shape index (κ2) is 4.65. The second-order valence-corrected chi connectivity index (χ2v) is 4.18. The molecule has 1 unspecified atom stereocenters. The molecule has 18 heavy (non-hydrogen) atoms. The molecule has 0 radical (unpaired) electrons. The van der Waals surface area contributed by atoms with Crippen LogP contribution in [0.2, 0.25) is 0 Å². The number of nitrogens with one attached hydrogen (secondary N) is 1. The highest BCUT2D eigenvalue weighted by Gasteiger charge is 2.43. The minimum absolute atomic E-state index is 0.0167. The van der Waals surface area contributed by atoms with Gasteiger partial charge >= 0.3 is 5.69 Å². The zero-order valence-electron chi connectivity index (χ0n) is 9.72. The average molecular weight is 257 g/mol. The Morgan fingerprint density at radius 1 is 1.44 bits per heavy atom. The largest absolute Gasteiger partial charge is 0.394 e. The monoisotopic (exact) mass is 257 g/mol. The summed E-state index contributed by atoms with van der Waals surface area (Å²) in [6, 6.07) is 1.37.